The van der Waals surface area contributed by atoms with Crippen LogP contribution in [0.15, 0.2) is 29.0 Å². The van der Waals surface area contributed by atoms with Crippen molar-refractivity contribution < 1.29 is 24.8 Å². The summed E-state index contributed by atoms with van der Waals surface area (Å²) in [6, 6.07) is 1.35. The fourth-order valence-corrected chi connectivity index (χ4v) is 1.77. The van der Waals surface area contributed by atoms with Gasteiger partial charge in [-0.2, -0.15) is 4.98 Å². The number of aliphatic hydroxyl groups is 2. The van der Waals surface area contributed by atoms with Crippen molar-refractivity contribution in [3.63, 3.8) is 0 Å². The van der Waals surface area contributed by atoms with Crippen LogP contribution in [0.4, 0.5) is 10.2 Å². The molecule has 0 aliphatic carbocycles. The number of aromatic nitrogens is 2. The van der Waals surface area contributed by atoms with Gasteiger partial charge in [0, 0.05) is 11.8 Å². The van der Waals surface area contributed by atoms with Crippen molar-refractivity contribution in [1.82, 2.24) is 9.55 Å². The lowest BCUT2D eigenvalue weighted by atomic mass is 10.1. The van der Waals surface area contributed by atoms with Crippen LogP contribution in [-0.2, 0) is 4.74 Å². The number of hydrogen-bond donors (Lipinski definition) is 3. The van der Waals surface area contributed by atoms with E-state index in [0.717, 1.165) is 4.57 Å². The van der Waals surface area contributed by atoms with Crippen LogP contribution in [0, 0.1) is 0 Å². The van der Waals surface area contributed by atoms with Gasteiger partial charge >= 0.3 is 5.69 Å². The van der Waals surface area contributed by atoms with Crippen molar-refractivity contribution in [3.05, 3.63) is 34.7 Å². The van der Waals surface area contributed by atoms with E-state index < -0.39 is 30.7 Å². The summed E-state index contributed by atoms with van der Waals surface area (Å²) in [6.45, 7) is -0.494. The molecule has 0 saturated carbocycles. The zero-order valence-corrected chi connectivity index (χ0v) is 9.73. The summed E-state index contributed by atoms with van der Waals surface area (Å²) in [5.74, 6) is 0.0271. The maximum absolute atomic E-state index is 12.8. The molecule has 0 bridgehead atoms. The maximum Gasteiger partial charge on any atom is 0.351 e. The molecule has 2 rings (SSSR count). The van der Waals surface area contributed by atoms with Crippen molar-refractivity contribution in [2.24, 2.45) is 0 Å². The molecule has 1 aromatic rings. The van der Waals surface area contributed by atoms with Crippen molar-refractivity contribution >= 4 is 5.82 Å². The van der Waals surface area contributed by atoms with E-state index >= 15 is 0 Å². The van der Waals surface area contributed by atoms with Crippen molar-refractivity contribution in [2.45, 2.75) is 18.4 Å². The molecule has 3 atom stereocenters. The summed E-state index contributed by atoms with van der Waals surface area (Å²) in [6.07, 6.45) is -1.99. The molecule has 6 N–H and O–H groups in total. The lowest BCUT2D eigenvalue weighted by Gasteiger charge is -2.14. The Morgan fingerprint density at radius 1 is 1.63 bits per heavy atom. The number of nitrogens with two attached hydrogens (primary N) is 1. The van der Waals surface area contributed by atoms with E-state index in [2.05, 4.69) is 4.98 Å². The van der Waals surface area contributed by atoms with Gasteiger partial charge in [0.15, 0.2) is 6.23 Å². The predicted molar refractivity (Wildman–Crippen MR) is 62.7 cm³/mol. The standard InChI is InChI=1S/C10H12FN3O4.H2O/c11-3-5-8(16)6(4-15)18-9(5)14-2-1-7(12)13-10(14)17;/h1-3,6,8-9,15-16H,4H2,(H2,12,13,17);1H2/b5-3+;/t6-,8-,9-;/m1./s1. The Bertz CT molecular complexity index is 532. The van der Waals surface area contributed by atoms with E-state index in [1.165, 1.54) is 12.3 Å². The Kier molecular flexibility index (Phi) is 4.72. The van der Waals surface area contributed by atoms with Gasteiger partial charge < -0.3 is 26.2 Å². The maximum atomic E-state index is 12.8. The van der Waals surface area contributed by atoms with Crippen LogP contribution in [0.3, 0.4) is 0 Å². The van der Waals surface area contributed by atoms with E-state index in [1.54, 1.807) is 0 Å². The average Bonchev–Trinajstić information content (AvgIpc) is 2.65. The predicted octanol–water partition coefficient (Wildman–Crippen LogP) is -1.90. The molecule has 0 amide bonds. The minimum Gasteiger partial charge on any atom is -0.412 e. The number of aliphatic hydroxyl groups excluding tert-OH is 2. The molecule has 1 aliphatic rings. The van der Waals surface area contributed by atoms with E-state index in [1.807, 2.05) is 0 Å². The Balaban J connectivity index is 0.00000180. The monoisotopic (exact) mass is 275 g/mol. The molecule has 0 spiro atoms. The van der Waals surface area contributed by atoms with Gasteiger partial charge in [-0.25, -0.2) is 9.18 Å². The third-order valence-corrected chi connectivity index (χ3v) is 2.69. The largest absolute Gasteiger partial charge is 0.412 e. The molecular weight excluding hydrogens is 261 g/mol. The molecule has 1 fully saturated rings. The number of ether oxygens (including phenoxy) is 1. The number of halogens is 1. The molecule has 1 aromatic heterocycles. The highest BCUT2D eigenvalue weighted by Crippen LogP contribution is 2.33. The van der Waals surface area contributed by atoms with Gasteiger partial charge in [0.1, 0.15) is 18.0 Å². The lowest BCUT2D eigenvalue weighted by Crippen LogP contribution is -2.28. The van der Waals surface area contributed by atoms with Crippen LogP contribution >= 0.6 is 0 Å². The molecule has 0 unspecified atom stereocenters. The summed E-state index contributed by atoms with van der Waals surface area (Å²) in [5.41, 5.74) is 4.45. The fraction of sp³-hybridized carbons (Fsp3) is 0.400. The second kappa shape index (κ2) is 5.89. The highest BCUT2D eigenvalue weighted by molar-refractivity contribution is 5.25. The van der Waals surface area contributed by atoms with Gasteiger partial charge in [-0.05, 0) is 6.07 Å². The molecule has 106 valence electrons. The zero-order valence-electron chi connectivity index (χ0n) is 9.73. The number of anilines is 1. The van der Waals surface area contributed by atoms with Crippen LogP contribution in [-0.4, -0.2) is 44.1 Å². The molecule has 19 heavy (non-hydrogen) atoms. The van der Waals surface area contributed by atoms with Crippen LogP contribution < -0.4 is 11.4 Å². The first kappa shape index (κ1) is 15.2. The second-order valence-corrected chi connectivity index (χ2v) is 3.81. The topological polar surface area (TPSA) is 142 Å². The molecule has 0 radical (unpaired) electrons. The lowest BCUT2D eigenvalue weighted by molar-refractivity contribution is -0.0447. The minimum absolute atomic E-state index is 0. The van der Waals surface area contributed by atoms with E-state index in [4.69, 9.17) is 15.6 Å². The van der Waals surface area contributed by atoms with Crippen molar-refractivity contribution in [2.75, 3.05) is 12.3 Å². The minimum atomic E-state index is -1.31. The van der Waals surface area contributed by atoms with Crippen LogP contribution in [0.25, 0.3) is 0 Å². The highest BCUT2D eigenvalue weighted by Gasteiger charge is 2.40. The first-order valence-corrected chi connectivity index (χ1v) is 5.17. The zero-order chi connectivity index (χ0) is 13.3. The quantitative estimate of drug-likeness (QED) is 0.575. The first-order chi connectivity index (χ1) is 8.58. The highest BCUT2D eigenvalue weighted by atomic mass is 19.1. The number of hydrogen-bond acceptors (Lipinski definition) is 6. The van der Waals surface area contributed by atoms with Gasteiger partial charge in [0.25, 0.3) is 0 Å². The Morgan fingerprint density at radius 2 is 2.32 bits per heavy atom. The number of nitrogens with zero attached hydrogens (tertiary/aromatic N) is 2. The smallest absolute Gasteiger partial charge is 0.351 e. The summed E-state index contributed by atoms with van der Waals surface area (Å²) in [7, 11) is 0. The number of nitrogen functional groups attached to an aromatic ring is 1. The Labute approximate surface area is 106 Å². The summed E-state index contributed by atoms with van der Waals surface area (Å²) >= 11 is 0. The fourth-order valence-electron chi connectivity index (χ4n) is 1.77. The molecule has 1 saturated heterocycles. The van der Waals surface area contributed by atoms with Gasteiger partial charge in [-0.15, -0.1) is 0 Å². The van der Waals surface area contributed by atoms with E-state index in [9.17, 15) is 14.3 Å². The summed E-state index contributed by atoms with van der Waals surface area (Å²) in [4.78, 5) is 15.1. The Hall–Kier alpha value is -1.81. The van der Waals surface area contributed by atoms with Gasteiger partial charge in [-0.1, -0.05) is 0 Å². The molecular formula is C10H14FN3O5. The van der Waals surface area contributed by atoms with Gasteiger partial charge in [0.05, 0.1) is 12.9 Å². The third-order valence-electron chi connectivity index (χ3n) is 2.69. The Morgan fingerprint density at radius 3 is 2.84 bits per heavy atom. The van der Waals surface area contributed by atoms with E-state index in [0.29, 0.717) is 0 Å². The van der Waals surface area contributed by atoms with Crippen LogP contribution in [0.5, 0.6) is 0 Å². The van der Waals surface area contributed by atoms with Crippen molar-refractivity contribution in [1.29, 1.82) is 0 Å². The van der Waals surface area contributed by atoms with Crippen molar-refractivity contribution in [3.8, 4) is 0 Å². The molecule has 0 aromatic carbocycles. The first-order valence-electron chi connectivity index (χ1n) is 5.17. The summed E-state index contributed by atoms with van der Waals surface area (Å²) < 4.78 is 19.0. The number of rotatable bonds is 2. The average molecular weight is 275 g/mol. The van der Waals surface area contributed by atoms with E-state index in [-0.39, 0.29) is 23.2 Å². The molecule has 8 nitrogen and oxygen atoms in total. The molecule has 2 heterocycles. The van der Waals surface area contributed by atoms with Crippen LogP contribution in [0.1, 0.15) is 6.23 Å². The third kappa shape index (κ3) is 2.63. The second-order valence-electron chi connectivity index (χ2n) is 3.81. The molecule has 9 heteroatoms. The normalized spacial score (nSPS) is 28.4. The molecule has 1 aliphatic heterocycles. The summed E-state index contributed by atoms with van der Waals surface area (Å²) in [5, 5.41) is 18.6. The SMILES string of the molecule is Nc1ccn([C@@H]2O[C@H](CO)[C@H](O)/C2=C\F)c(=O)n1.O. The van der Waals surface area contributed by atoms with Gasteiger partial charge in [0.2, 0.25) is 0 Å². The van der Waals surface area contributed by atoms with Gasteiger partial charge in [-0.3, -0.25) is 4.57 Å². The van der Waals surface area contributed by atoms with Crippen LogP contribution in [0.2, 0.25) is 0 Å².